The lowest BCUT2D eigenvalue weighted by atomic mass is 10.3. The van der Waals surface area contributed by atoms with Crippen molar-refractivity contribution in [3.8, 4) is 0 Å². The van der Waals surface area contributed by atoms with Gasteiger partial charge in [-0.05, 0) is 18.6 Å². The van der Waals surface area contributed by atoms with Gasteiger partial charge in [0, 0.05) is 28.8 Å². The maximum Gasteiger partial charge on any atom is 0.224 e. The highest BCUT2D eigenvalue weighted by Gasteiger charge is 2.26. The van der Waals surface area contributed by atoms with Gasteiger partial charge in [-0.1, -0.05) is 6.92 Å². The Morgan fingerprint density at radius 3 is 2.80 bits per heavy atom. The molecule has 2 heterocycles. The van der Waals surface area contributed by atoms with Crippen LogP contribution in [0.1, 0.15) is 23.1 Å². The zero-order chi connectivity index (χ0) is 10.8. The van der Waals surface area contributed by atoms with Crippen molar-refractivity contribution in [3.63, 3.8) is 0 Å². The number of rotatable bonds is 3. The third-order valence-electron chi connectivity index (χ3n) is 2.66. The molecule has 0 saturated carbocycles. The third-order valence-corrected chi connectivity index (χ3v) is 3.87. The van der Waals surface area contributed by atoms with Crippen LogP contribution in [0.3, 0.4) is 0 Å². The van der Waals surface area contributed by atoms with Crippen LogP contribution in [0.2, 0.25) is 0 Å². The lowest BCUT2D eigenvalue weighted by molar-refractivity contribution is -0.128. The Kier molecular flexibility index (Phi) is 3.07. The van der Waals surface area contributed by atoms with Crippen molar-refractivity contribution in [1.29, 1.82) is 0 Å². The van der Waals surface area contributed by atoms with Gasteiger partial charge >= 0.3 is 0 Å². The number of aryl methyl sites for hydroxylation is 1. The number of carbonyl (C=O) groups excluding carboxylic acids is 1. The van der Waals surface area contributed by atoms with Crippen LogP contribution in [-0.4, -0.2) is 23.4 Å². The van der Waals surface area contributed by atoms with Crippen LogP contribution in [-0.2, 0) is 17.8 Å². The van der Waals surface area contributed by atoms with Crippen molar-refractivity contribution in [3.05, 3.63) is 21.9 Å². The maximum absolute atomic E-state index is 11.5. The monoisotopic (exact) mass is 224 g/mol. The second kappa shape index (κ2) is 4.33. The minimum absolute atomic E-state index is 0.0307. The largest absolute Gasteiger partial charge is 0.336 e. The van der Waals surface area contributed by atoms with Crippen LogP contribution in [0.5, 0.6) is 0 Å². The van der Waals surface area contributed by atoms with Crippen LogP contribution >= 0.6 is 11.3 Å². The highest BCUT2D eigenvalue weighted by atomic mass is 32.1. The number of nitrogens with zero attached hydrogens (tertiary/aromatic N) is 1. The van der Waals surface area contributed by atoms with E-state index in [0.717, 1.165) is 13.0 Å². The normalized spacial score (nSPS) is 21.3. The first-order chi connectivity index (χ1) is 7.19. The van der Waals surface area contributed by atoms with E-state index in [-0.39, 0.29) is 11.9 Å². The Morgan fingerprint density at radius 2 is 2.27 bits per heavy atom. The van der Waals surface area contributed by atoms with E-state index in [2.05, 4.69) is 19.1 Å². The summed E-state index contributed by atoms with van der Waals surface area (Å²) < 4.78 is 0. The van der Waals surface area contributed by atoms with Gasteiger partial charge in [0.2, 0.25) is 5.91 Å². The van der Waals surface area contributed by atoms with Crippen LogP contribution < -0.4 is 5.73 Å². The quantitative estimate of drug-likeness (QED) is 0.843. The van der Waals surface area contributed by atoms with E-state index in [4.69, 9.17) is 5.73 Å². The van der Waals surface area contributed by atoms with Crippen molar-refractivity contribution in [2.24, 2.45) is 5.73 Å². The van der Waals surface area contributed by atoms with Crippen LogP contribution in [0.25, 0.3) is 0 Å². The lowest BCUT2D eigenvalue weighted by Crippen LogP contribution is -2.27. The zero-order valence-corrected chi connectivity index (χ0v) is 9.72. The first-order valence-electron chi connectivity index (χ1n) is 5.30. The fraction of sp³-hybridized carbons (Fsp3) is 0.545. The van der Waals surface area contributed by atoms with E-state index >= 15 is 0 Å². The number of hydrogen-bond acceptors (Lipinski definition) is 3. The van der Waals surface area contributed by atoms with Crippen molar-refractivity contribution >= 4 is 17.2 Å². The van der Waals surface area contributed by atoms with E-state index in [1.807, 2.05) is 4.90 Å². The molecule has 4 heteroatoms. The summed E-state index contributed by atoms with van der Waals surface area (Å²) in [5.41, 5.74) is 5.74. The number of amides is 1. The number of likely N-dealkylation sites (tertiary alicyclic amines) is 1. The van der Waals surface area contributed by atoms with Gasteiger partial charge in [-0.15, -0.1) is 11.3 Å². The molecule has 15 heavy (non-hydrogen) atoms. The molecule has 1 aromatic rings. The molecule has 82 valence electrons. The Hall–Kier alpha value is -0.870. The Bertz CT molecular complexity index is 361. The molecule has 0 spiro atoms. The molecule has 0 radical (unpaired) electrons. The van der Waals surface area contributed by atoms with E-state index < -0.39 is 0 Å². The standard InChI is InChI=1S/C11H16N2OS/c1-2-9-3-4-10(15-9)7-13-6-8(12)5-11(13)14/h3-4,8H,2,5-7,12H2,1H3. The summed E-state index contributed by atoms with van der Waals surface area (Å²) in [4.78, 5) is 16.0. The van der Waals surface area contributed by atoms with Gasteiger partial charge in [-0.2, -0.15) is 0 Å². The number of carbonyl (C=O) groups is 1. The second-order valence-corrected chi connectivity index (χ2v) is 5.21. The molecule has 0 bridgehead atoms. The first kappa shape index (κ1) is 10.6. The van der Waals surface area contributed by atoms with Gasteiger partial charge in [0.15, 0.2) is 0 Å². The summed E-state index contributed by atoms with van der Waals surface area (Å²) >= 11 is 1.79. The van der Waals surface area contributed by atoms with Crippen molar-refractivity contribution in [1.82, 2.24) is 4.90 Å². The molecule has 1 aromatic heterocycles. The van der Waals surface area contributed by atoms with Gasteiger partial charge in [0.05, 0.1) is 6.54 Å². The molecular formula is C11H16N2OS. The summed E-state index contributed by atoms with van der Waals surface area (Å²) in [5.74, 6) is 0.189. The van der Waals surface area contributed by atoms with Crippen molar-refractivity contribution < 1.29 is 4.79 Å². The predicted octanol–water partition coefficient (Wildman–Crippen LogP) is 1.37. The molecule has 1 amide bonds. The average Bonchev–Trinajstić information content (AvgIpc) is 2.75. The minimum atomic E-state index is 0.0307. The molecule has 1 fully saturated rings. The summed E-state index contributed by atoms with van der Waals surface area (Å²) in [5, 5.41) is 0. The van der Waals surface area contributed by atoms with Crippen molar-refractivity contribution in [2.75, 3.05) is 6.54 Å². The third kappa shape index (κ3) is 2.38. The fourth-order valence-electron chi connectivity index (χ4n) is 1.84. The Labute approximate surface area is 93.9 Å². The maximum atomic E-state index is 11.5. The van der Waals surface area contributed by atoms with Gasteiger partial charge in [0.25, 0.3) is 0 Å². The number of nitrogens with two attached hydrogens (primary N) is 1. The fourth-order valence-corrected chi connectivity index (χ4v) is 2.81. The van der Waals surface area contributed by atoms with Gasteiger partial charge in [-0.25, -0.2) is 0 Å². The van der Waals surface area contributed by atoms with Crippen LogP contribution in [0.15, 0.2) is 12.1 Å². The molecule has 1 unspecified atom stereocenters. The van der Waals surface area contributed by atoms with Gasteiger partial charge < -0.3 is 10.6 Å². The second-order valence-electron chi connectivity index (χ2n) is 3.96. The predicted molar refractivity (Wildman–Crippen MR) is 61.7 cm³/mol. The molecular weight excluding hydrogens is 208 g/mol. The molecule has 2 rings (SSSR count). The van der Waals surface area contributed by atoms with Crippen molar-refractivity contribution in [2.45, 2.75) is 32.4 Å². The molecule has 3 nitrogen and oxygen atoms in total. The molecule has 1 aliphatic heterocycles. The zero-order valence-electron chi connectivity index (χ0n) is 8.90. The summed E-state index contributed by atoms with van der Waals surface area (Å²) in [6.07, 6.45) is 1.57. The Balaban J connectivity index is 1.99. The van der Waals surface area contributed by atoms with E-state index in [0.29, 0.717) is 13.0 Å². The molecule has 1 saturated heterocycles. The average molecular weight is 224 g/mol. The smallest absolute Gasteiger partial charge is 0.224 e. The lowest BCUT2D eigenvalue weighted by Gasteiger charge is -2.14. The SMILES string of the molecule is CCc1ccc(CN2CC(N)CC2=O)s1. The topological polar surface area (TPSA) is 46.3 Å². The molecule has 0 aromatic carbocycles. The molecule has 0 aliphatic carbocycles. The van der Waals surface area contributed by atoms with E-state index in [1.165, 1.54) is 9.75 Å². The summed E-state index contributed by atoms with van der Waals surface area (Å²) in [7, 11) is 0. The summed E-state index contributed by atoms with van der Waals surface area (Å²) in [6.45, 7) is 3.59. The highest BCUT2D eigenvalue weighted by molar-refractivity contribution is 7.11. The first-order valence-corrected chi connectivity index (χ1v) is 6.11. The van der Waals surface area contributed by atoms with Crippen LogP contribution in [0, 0.1) is 0 Å². The van der Waals surface area contributed by atoms with Gasteiger partial charge in [-0.3, -0.25) is 4.79 Å². The molecule has 1 aliphatic rings. The number of hydrogen-bond donors (Lipinski definition) is 1. The molecule has 2 N–H and O–H groups in total. The van der Waals surface area contributed by atoms with Crippen LogP contribution in [0.4, 0.5) is 0 Å². The van der Waals surface area contributed by atoms with E-state index in [1.54, 1.807) is 11.3 Å². The summed E-state index contributed by atoms with van der Waals surface area (Å²) in [6, 6.07) is 4.28. The minimum Gasteiger partial charge on any atom is -0.336 e. The highest BCUT2D eigenvalue weighted by Crippen LogP contribution is 2.21. The van der Waals surface area contributed by atoms with E-state index in [9.17, 15) is 4.79 Å². The molecule has 1 atom stereocenters. The van der Waals surface area contributed by atoms with Gasteiger partial charge in [0.1, 0.15) is 0 Å². The number of thiophene rings is 1. The Morgan fingerprint density at radius 1 is 1.53 bits per heavy atom.